The molecule has 4 aliphatic carbocycles. The Kier molecular flexibility index (Phi) is 9.22. The molecule has 0 bridgehead atoms. The minimum absolute atomic E-state index is 0.478. The van der Waals surface area contributed by atoms with Crippen molar-refractivity contribution in [3.8, 4) is 0 Å². The van der Waals surface area contributed by atoms with Gasteiger partial charge in [-0.2, -0.15) is 8.78 Å². The third-order valence-electron chi connectivity index (χ3n) is 9.73. The van der Waals surface area contributed by atoms with Gasteiger partial charge in [0.1, 0.15) is 18.4 Å². The van der Waals surface area contributed by atoms with Crippen LogP contribution in [0.4, 0.5) is 30.7 Å². The molecule has 0 amide bonds. The molecule has 4 aliphatic rings. The summed E-state index contributed by atoms with van der Waals surface area (Å²) >= 11 is 0. The molecule has 0 saturated heterocycles. The topological polar surface area (TPSA) is 18.5 Å². The van der Waals surface area contributed by atoms with Crippen molar-refractivity contribution in [2.24, 2.45) is 35.5 Å². The fourth-order valence-corrected chi connectivity index (χ4v) is 7.55. The molecule has 9 heteroatoms. The van der Waals surface area contributed by atoms with Crippen LogP contribution in [-0.2, 0) is 9.47 Å². The number of alkyl halides is 7. The molecule has 0 N–H and O–H groups in total. The van der Waals surface area contributed by atoms with Crippen LogP contribution in [0, 0.1) is 35.5 Å². The monoisotopic (exact) mass is 530 g/mol. The Hall–Kier alpha value is -0.570. The zero-order valence-corrected chi connectivity index (χ0v) is 21.1. The average molecular weight is 531 g/mol. The van der Waals surface area contributed by atoms with Gasteiger partial charge in [-0.25, -0.2) is 8.78 Å². The van der Waals surface area contributed by atoms with Crippen molar-refractivity contribution < 1.29 is 40.2 Å². The predicted molar refractivity (Wildman–Crippen MR) is 122 cm³/mol. The molecule has 36 heavy (non-hydrogen) atoms. The smallest absolute Gasteiger partial charge is 0.317 e. The van der Waals surface area contributed by atoms with Gasteiger partial charge in [0.2, 0.25) is 0 Å². The van der Waals surface area contributed by atoms with Crippen LogP contribution in [0.3, 0.4) is 0 Å². The number of halogens is 7. The van der Waals surface area contributed by atoms with Crippen molar-refractivity contribution in [2.75, 3.05) is 0 Å². The maximum absolute atomic E-state index is 14.8. The molecular weight excluding hydrogens is 489 g/mol. The summed E-state index contributed by atoms with van der Waals surface area (Å²) in [6, 6.07) is 0. The zero-order valence-electron chi connectivity index (χ0n) is 21.1. The van der Waals surface area contributed by atoms with Gasteiger partial charge in [-0.05, 0) is 107 Å². The second-order valence-electron chi connectivity index (χ2n) is 12.1. The summed E-state index contributed by atoms with van der Waals surface area (Å²) in [5.41, 5.74) is 0. The average Bonchev–Trinajstić information content (AvgIpc) is 2.82. The third kappa shape index (κ3) is 7.29. The number of hydrogen-bond acceptors (Lipinski definition) is 2. The van der Waals surface area contributed by atoms with Crippen LogP contribution in [-0.4, -0.2) is 37.0 Å². The highest BCUT2D eigenvalue weighted by Gasteiger charge is 2.53. The molecule has 210 valence electrons. The molecule has 4 fully saturated rings. The van der Waals surface area contributed by atoms with Gasteiger partial charge in [0, 0.05) is 0 Å². The minimum Gasteiger partial charge on any atom is -0.317 e. The Bertz CT molecular complexity index is 666. The van der Waals surface area contributed by atoms with Crippen molar-refractivity contribution in [3.63, 3.8) is 0 Å². The van der Waals surface area contributed by atoms with Crippen molar-refractivity contribution in [1.29, 1.82) is 0 Å². The second-order valence-corrected chi connectivity index (χ2v) is 12.1. The van der Waals surface area contributed by atoms with E-state index in [-0.39, 0.29) is 0 Å². The SMILES string of the molecule is CC1CCC(C2CCC(C3CCC(OC(F)(F)C4CC(F)C(OC(F)(F)F)C(F)C4)CC3)CC2)CC1. The molecule has 2 unspecified atom stereocenters. The predicted octanol–water partition coefficient (Wildman–Crippen LogP) is 8.78. The Labute approximate surface area is 210 Å². The summed E-state index contributed by atoms with van der Waals surface area (Å²) in [4.78, 5) is 0. The van der Waals surface area contributed by atoms with Crippen LogP contribution >= 0.6 is 0 Å². The van der Waals surface area contributed by atoms with E-state index in [1.54, 1.807) is 0 Å². The van der Waals surface area contributed by atoms with E-state index in [9.17, 15) is 30.7 Å². The fraction of sp³-hybridized carbons (Fsp3) is 1.00. The van der Waals surface area contributed by atoms with Gasteiger partial charge < -0.3 is 4.74 Å². The summed E-state index contributed by atoms with van der Waals surface area (Å²) in [7, 11) is 0. The van der Waals surface area contributed by atoms with Gasteiger partial charge >= 0.3 is 12.5 Å². The second kappa shape index (κ2) is 11.7. The fourth-order valence-electron chi connectivity index (χ4n) is 7.55. The van der Waals surface area contributed by atoms with Crippen molar-refractivity contribution in [2.45, 2.75) is 134 Å². The van der Waals surface area contributed by atoms with Gasteiger partial charge in [0.15, 0.2) is 0 Å². The Morgan fingerprint density at radius 3 is 1.36 bits per heavy atom. The zero-order chi connectivity index (χ0) is 26.1. The normalized spacial score (nSPS) is 43.3. The Morgan fingerprint density at radius 1 is 0.556 bits per heavy atom. The lowest BCUT2D eigenvalue weighted by molar-refractivity contribution is -0.365. The lowest BCUT2D eigenvalue weighted by Gasteiger charge is -2.42. The summed E-state index contributed by atoms with van der Waals surface area (Å²) in [6.45, 7) is 2.34. The van der Waals surface area contributed by atoms with Crippen LogP contribution in [0.15, 0.2) is 0 Å². The highest BCUT2D eigenvalue weighted by atomic mass is 19.4. The molecule has 0 aromatic carbocycles. The van der Waals surface area contributed by atoms with Crippen molar-refractivity contribution >= 4 is 0 Å². The first-order valence-electron chi connectivity index (χ1n) is 14.0. The quantitative estimate of drug-likeness (QED) is 0.320. The van der Waals surface area contributed by atoms with E-state index < -0.39 is 55.8 Å². The number of hydrogen-bond donors (Lipinski definition) is 0. The largest absolute Gasteiger partial charge is 0.522 e. The lowest BCUT2D eigenvalue weighted by atomic mass is 9.65. The standard InChI is InChI=1S/C27H41F7O2/c1-16-2-4-17(5-3-16)18-6-8-19(9-7-18)20-10-12-22(13-11-20)35-26(30,31)21-14-23(28)25(24(29)15-21)36-27(32,33)34/h16-25H,2-15H2,1H3. The molecule has 4 saturated carbocycles. The van der Waals surface area contributed by atoms with Crippen LogP contribution in [0.1, 0.15) is 96.8 Å². The van der Waals surface area contributed by atoms with E-state index >= 15 is 0 Å². The third-order valence-corrected chi connectivity index (χ3v) is 9.73. The first-order valence-corrected chi connectivity index (χ1v) is 14.0. The minimum atomic E-state index is -5.22. The van der Waals surface area contributed by atoms with Crippen LogP contribution < -0.4 is 0 Å². The highest BCUT2D eigenvalue weighted by Crippen LogP contribution is 2.47. The van der Waals surface area contributed by atoms with E-state index in [0.29, 0.717) is 24.7 Å². The van der Waals surface area contributed by atoms with Gasteiger partial charge in [-0.3, -0.25) is 4.74 Å². The molecule has 0 aromatic rings. The van der Waals surface area contributed by atoms with E-state index in [2.05, 4.69) is 11.7 Å². The molecule has 0 heterocycles. The van der Waals surface area contributed by atoms with E-state index in [1.807, 2.05) is 0 Å². The summed E-state index contributed by atoms with van der Waals surface area (Å²) < 4.78 is 104. The van der Waals surface area contributed by atoms with Gasteiger partial charge in [-0.15, -0.1) is 13.2 Å². The molecular formula is C27H41F7O2. The van der Waals surface area contributed by atoms with Gasteiger partial charge in [-0.1, -0.05) is 19.8 Å². The molecule has 2 atom stereocenters. The molecule has 2 nitrogen and oxygen atoms in total. The molecule has 0 aliphatic heterocycles. The molecule has 0 radical (unpaired) electrons. The van der Waals surface area contributed by atoms with Gasteiger partial charge in [0.25, 0.3) is 0 Å². The van der Waals surface area contributed by atoms with Crippen LogP contribution in [0.2, 0.25) is 0 Å². The highest BCUT2D eigenvalue weighted by molar-refractivity contribution is 4.92. The van der Waals surface area contributed by atoms with Crippen molar-refractivity contribution in [3.05, 3.63) is 0 Å². The molecule has 0 spiro atoms. The Morgan fingerprint density at radius 2 is 0.944 bits per heavy atom. The van der Waals surface area contributed by atoms with Gasteiger partial charge in [0.05, 0.1) is 12.0 Å². The summed E-state index contributed by atoms with van der Waals surface area (Å²) in [5, 5.41) is 0. The lowest BCUT2D eigenvalue weighted by Crippen LogP contribution is -2.50. The first kappa shape index (κ1) is 28.4. The Balaban J connectivity index is 1.20. The molecule has 0 aromatic heterocycles. The first-order chi connectivity index (χ1) is 16.9. The molecule has 4 rings (SSSR count). The number of rotatable bonds is 6. The van der Waals surface area contributed by atoms with E-state index in [1.165, 1.54) is 51.4 Å². The van der Waals surface area contributed by atoms with Crippen molar-refractivity contribution in [1.82, 2.24) is 0 Å². The number of ether oxygens (including phenoxy) is 2. The maximum atomic E-state index is 14.8. The van der Waals surface area contributed by atoms with E-state index in [0.717, 1.165) is 30.6 Å². The van der Waals surface area contributed by atoms with E-state index in [4.69, 9.17) is 4.74 Å². The van der Waals surface area contributed by atoms with Crippen LogP contribution in [0.25, 0.3) is 0 Å². The maximum Gasteiger partial charge on any atom is 0.522 e. The van der Waals surface area contributed by atoms with Crippen LogP contribution in [0.5, 0.6) is 0 Å². The summed E-state index contributed by atoms with van der Waals surface area (Å²) in [6.07, 6.45) is -5.98. The summed E-state index contributed by atoms with van der Waals surface area (Å²) in [5.74, 6) is 1.89.